The van der Waals surface area contributed by atoms with Gasteiger partial charge in [0.15, 0.2) is 0 Å². The fraction of sp³-hybridized carbons (Fsp3) is 0.933. The van der Waals surface area contributed by atoms with Crippen LogP contribution in [0, 0.1) is 0 Å². The number of piperidine rings is 1. The molecule has 116 valence electrons. The molecule has 2 fully saturated rings. The van der Waals surface area contributed by atoms with E-state index in [4.69, 9.17) is 9.47 Å². The minimum Gasteiger partial charge on any atom is -0.444 e. The standard InChI is InChI=1S/C15H28N2O3/c1-5-12-15(19-10-8-16-12)7-6-9-17(11-15)13(18)20-14(2,3)4/h12,16H,5-11H2,1-4H3. The molecule has 2 atom stereocenters. The molecule has 5 heteroatoms. The summed E-state index contributed by atoms with van der Waals surface area (Å²) in [4.78, 5) is 14.1. The quantitative estimate of drug-likeness (QED) is 0.801. The molecular formula is C15H28N2O3. The highest BCUT2D eigenvalue weighted by atomic mass is 16.6. The van der Waals surface area contributed by atoms with Crippen LogP contribution in [0.2, 0.25) is 0 Å². The topological polar surface area (TPSA) is 50.8 Å². The highest BCUT2D eigenvalue weighted by Gasteiger charge is 2.46. The van der Waals surface area contributed by atoms with E-state index in [1.54, 1.807) is 0 Å². The van der Waals surface area contributed by atoms with Crippen molar-refractivity contribution in [3.05, 3.63) is 0 Å². The third kappa shape index (κ3) is 3.44. The van der Waals surface area contributed by atoms with E-state index in [2.05, 4.69) is 12.2 Å². The normalized spacial score (nSPS) is 31.4. The first-order chi connectivity index (χ1) is 9.36. The molecule has 2 heterocycles. The van der Waals surface area contributed by atoms with E-state index >= 15 is 0 Å². The molecule has 0 bridgehead atoms. The van der Waals surface area contributed by atoms with Crippen LogP contribution in [0.4, 0.5) is 4.79 Å². The number of amides is 1. The maximum absolute atomic E-state index is 12.3. The van der Waals surface area contributed by atoms with Gasteiger partial charge in [0.25, 0.3) is 0 Å². The van der Waals surface area contributed by atoms with Crippen molar-refractivity contribution in [1.82, 2.24) is 10.2 Å². The average Bonchev–Trinajstić information content (AvgIpc) is 2.37. The Balaban J connectivity index is 2.05. The van der Waals surface area contributed by atoms with Crippen LogP contribution in [0.5, 0.6) is 0 Å². The molecule has 0 radical (unpaired) electrons. The molecule has 5 nitrogen and oxygen atoms in total. The van der Waals surface area contributed by atoms with Crippen molar-refractivity contribution in [2.45, 2.75) is 64.2 Å². The van der Waals surface area contributed by atoms with Crippen molar-refractivity contribution in [3.8, 4) is 0 Å². The van der Waals surface area contributed by atoms with Crippen molar-refractivity contribution in [1.29, 1.82) is 0 Å². The second kappa shape index (κ2) is 5.90. The SMILES string of the molecule is CCC1NCCOC12CCCN(C(=O)OC(C)(C)C)C2. The molecular weight excluding hydrogens is 256 g/mol. The number of hydrogen-bond acceptors (Lipinski definition) is 4. The lowest BCUT2D eigenvalue weighted by atomic mass is 9.83. The minimum atomic E-state index is -0.447. The van der Waals surface area contributed by atoms with Gasteiger partial charge in [0.05, 0.1) is 13.2 Å². The van der Waals surface area contributed by atoms with Crippen LogP contribution in [0.25, 0.3) is 0 Å². The van der Waals surface area contributed by atoms with Crippen LogP contribution in [-0.2, 0) is 9.47 Å². The Labute approximate surface area is 122 Å². The molecule has 20 heavy (non-hydrogen) atoms. The largest absolute Gasteiger partial charge is 0.444 e. The lowest BCUT2D eigenvalue weighted by Crippen LogP contribution is -2.65. The minimum absolute atomic E-state index is 0.222. The molecule has 0 aliphatic carbocycles. The maximum atomic E-state index is 12.3. The molecule has 0 aromatic rings. The van der Waals surface area contributed by atoms with Gasteiger partial charge in [-0.25, -0.2) is 4.79 Å². The highest BCUT2D eigenvalue weighted by molar-refractivity contribution is 5.68. The number of carbonyl (C=O) groups excluding carboxylic acids is 1. The summed E-state index contributed by atoms with van der Waals surface area (Å²) in [6.45, 7) is 10.9. The molecule has 2 rings (SSSR count). The summed E-state index contributed by atoms with van der Waals surface area (Å²) >= 11 is 0. The van der Waals surface area contributed by atoms with E-state index in [1.165, 1.54) is 0 Å². The smallest absolute Gasteiger partial charge is 0.410 e. The molecule has 0 aromatic carbocycles. The van der Waals surface area contributed by atoms with Gasteiger partial charge in [-0.1, -0.05) is 6.92 Å². The van der Waals surface area contributed by atoms with E-state index < -0.39 is 5.60 Å². The zero-order valence-corrected chi connectivity index (χ0v) is 13.2. The number of likely N-dealkylation sites (tertiary alicyclic amines) is 1. The number of hydrogen-bond donors (Lipinski definition) is 1. The Bertz CT molecular complexity index is 350. The Hall–Kier alpha value is -0.810. The number of nitrogens with zero attached hydrogens (tertiary/aromatic N) is 1. The first kappa shape index (κ1) is 15.6. The monoisotopic (exact) mass is 284 g/mol. The van der Waals surface area contributed by atoms with Crippen LogP contribution >= 0.6 is 0 Å². The second-order valence-electron chi connectivity index (χ2n) is 6.83. The van der Waals surface area contributed by atoms with Crippen LogP contribution in [-0.4, -0.2) is 54.5 Å². The van der Waals surface area contributed by atoms with Gasteiger partial charge in [0.1, 0.15) is 11.2 Å². The van der Waals surface area contributed by atoms with Gasteiger partial charge >= 0.3 is 6.09 Å². The fourth-order valence-electron chi connectivity index (χ4n) is 3.23. The van der Waals surface area contributed by atoms with Crippen molar-refractivity contribution in [2.24, 2.45) is 0 Å². The fourth-order valence-corrected chi connectivity index (χ4v) is 3.23. The first-order valence-electron chi connectivity index (χ1n) is 7.71. The highest BCUT2D eigenvalue weighted by Crippen LogP contribution is 2.32. The second-order valence-corrected chi connectivity index (χ2v) is 6.83. The van der Waals surface area contributed by atoms with E-state index in [9.17, 15) is 4.79 Å². The lowest BCUT2D eigenvalue weighted by molar-refractivity contribution is -0.131. The van der Waals surface area contributed by atoms with Crippen LogP contribution in [0.15, 0.2) is 0 Å². The zero-order valence-electron chi connectivity index (χ0n) is 13.2. The maximum Gasteiger partial charge on any atom is 0.410 e. The van der Waals surface area contributed by atoms with Gasteiger partial charge < -0.3 is 19.7 Å². The van der Waals surface area contributed by atoms with E-state index in [1.807, 2.05) is 25.7 Å². The van der Waals surface area contributed by atoms with E-state index in [0.29, 0.717) is 12.6 Å². The summed E-state index contributed by atoms with van der Waals surface area (Å²) in [7, 11) is 0. The summed E-state index contributed by atoms with van der Waals surface area (Å²) in [5.41, 5.74) is -0.681. The first-order valence-corrected chi connectivity index (χ1v) is 7.71. The van der Waals surface area contributed by atoms with E-state index in [-0.39, 0.29) is 11.7 Å². The van der Waals surface area contributed by atoms with Gasteiger partial charge in [0, 0.05) is 19.1 Å². The summed E-state index contributed by atoms with van der Waals surface area (Å²) in [6.07, 6.45) is 2.78. The Morgan fingerprint density at radius 3 is 2.90 bits per heavy atom. The van der Waals surface area contributed by atoms with Crippen molar-refractivity contribution >= 4 is 6.09 Å². The molecule has 2 aliphatic rings. The molecule has 2 unspecified atom stereocenters. The van der Waals surface area contributed by atoms with Crippen LogP contribution in [0.1, 0.15) is 47.0 Å². The third-order valence-corrected chi connectivity index (χ3v) is 4.06. The number of ether oxygens (including phenoxy) is 2. The van der Waals surface area contributed by atoms with E-state index in [0.717, 1.165) is 39.0 Å². The lowest BCUT2D eigenvalue weighted by Gasteiger charge is -2.49. The number of morpholine rings is 1. The molecule has 0 saturated carbocycles. The van der Waals surface area contributed by atoms with Gasteiger partial charge in [-0.3, -0.25) is 0 Å². The zero-order chi connectivity index (χ0) is 14.8. The molecule has 2 saturated heterocycles. The number of carbonyl (C=O) groups is 1. The van der Waals surface area contributed by atoms with Crippen molar-refractivity contribution in [2.75, 3.05) is 26.2 Å². The molecule has 2 aliphatic heterocycles. The summed E-state index contributed by atoms with van der Waals surface area (Å²) < 4.78 is 11.6. The predicted octanol–water partition coefficient (Wildman–Crippen LogP) is 2.15. The van der Waals surface area contributed by atoms with Crippen LogP contribution in [0.3, 0.4) is 0 Å². The van der Waals surface area contributed by atoms with Crippen molar-refractivity contribution < 1.29 is 14.3 Å². The number of rotatable bonds is 1. The predicted molar refractivity (Wildman–Crippen MR) is 77.8 cm³/mol. The summed E-state index contributed by atoms with van der Waals surface area (Å²) in [5, 5.41) is 3.53. The van der Waals surface area contributed by atoms with Crippen LogP contribution < -0.4 is 5.32 Å². The third-order valence-electron chi connectivity index (χ3n) is 4.06. The summed E-state index contributed by atoms with van der Waals surface area (Å²) in [5.74, 6) is 0. The molecule has 1 N–H and O–H groups in total. The molecule has 0 aromatic heterocycles. The van der Waals surface area contributed by atoms with Gasteiger partial charge in [0.2, 0.25) is 0 Å². The van der Waals surface area contributed by atoms with Gasteiger partial charge in [-0.15, -0.1) is 0 Å². The van der Waals surface area contributed by atoms with Crippen molar-refractivity contribution in [3.63, 3.8) is 0 Å². The summed E-state index contributed by atoms with van der Waals surface area (Å²) in [6, 6.07) is 0.321. The number of nitrogens with one attached hydrogen (secondary N) is 1. The Kier molecular flexibility index (Phi) is 4.59. The molecule has 1 amide bonds. The average molecular weight is 284 g/mol. The Morgan fingerprint density at radius 1 is 1.50 bits per heavy atom. The Morgan fingerprint density at radius 2 is 2.25 bits per heavy atom. The van der Waals surface area contributed by atoms with Gasteiger partial charge in [-0.05, 0) is 40.0 Å². The molecule has 1 spiro atoms. The van der Waals surface area contributed by atoms with Gasteiger partial charge in [-0.2, -0.15) is 0 Å².